The number of carbonyl (C=O) groups excluding carboxylic acids is 4. The lowest BCUT2D eigenvalue weighted by Crippen LogP contribution is -2.48. The highest BCUT2D eigenvalue weighted by Gasteiger charge is 2.32. The van der Waals surface area contributed by atoms with Crippen molar-refractivity contribution >= 4 is 35.1 Å². The van der Waals surface area contributed by atoms with E-state index in [9.17, 15) is 19.2 Å². The van der Waals surface area contributed by atoms with Crippen molar-refractivity contribution in [1.29, 1.82) is 0 Å². The van der Waals surface area contributed by atoms with Gasteiger partial charge >= 0.3 is 5.97 Å². The fourth-order valence-electron chi connectivity index (χ4n) is 4.09. The van der Waals surface area contributed by atoms with E-state index < -0.39 is 0 Å². The van der Waals surface area contributed by atoms with Gasteiger partial charge in [-0.1, -0.05) is 12.1 Å². The number of likely N-dealkylation sites (N-methyl/N-ethyl adjacent to an activating group) is 1. The van der Waals surface area contributed by atoms with Gasteiger partial charge in [0.15, 0.2) is 0 Å². The second-order valence-corrected chi connectivity index (χ2v) is 8.63. The lowest BCUT2D eigenvalue weighted by Gasteiger charge is -2.33. The Morgan fingerprint density at radius 3 is 2.70 bits per heavy atom. The molecular weight excluding hydrogens is 424 g/mol. The molecule has 0 aromatic heterocycles. The third kappa shape index (κ3) is 5.77. The molecule has 2 aliphatic rings. The Hall–Kier alpha value is -3.23. The molecule has 2 heterocycles. The van der Waals surface area contributed by atoms with Crippen LogP contribution in [0.1, 0.15) is 43.7 Å². The first-order chi connectivity index (χ1) is 15.7. The highest BCUT2D eigenvalue weighted by molar-refractivity contribution is 6.40. The molecule has 0 radical (unpaired) electrons. The number of nitrogens with zero attached hydrogens (tertiary/aromatic N) is 4. The minimum absolute atomic E-state index is 0.120. The zero-order valence-corrected chi connectivity index (χ0v) is 19.8. The standard InChI is InChI=1S/C24H32N4O5/c1-5-33-24(32)18-7-6-12-27(14-18)22(30)15-26(4)23(31)19-10-11-21(29)28(25-19)20-13-16(2)8-9-17(20)3/h8-9,13,18H,5-7,10-12,14-15H2,1-4H3. The Kier molecular flexibility index (Phi) is 7.84. The molecule has 1 saturated heterocycles. The van der Waals surface area contributed by atoms with E-state index in [1.165, 1.54) is 9.91 Å². The number of ether oxygens (including phenoxy) is 1. The summed E-state index contributed by atoms with van der Waals surface area (Å²) in [5, 5.41) is 5.65. The molecule has 0 saturated carbocycles. The van der Waals surface area contributed by atoms with E-state index in [0.29, 0.717) is 38.2 Å². The molecule has 1 fully saturated rings. The van der Waals surface area contributed by atoms with Gasteiger partial charge in [0.25, 0.3) is 5.91 Å². The van der Waals surface area contributed by atoms with Crippen LogP contribution in [0.15, 0.2) is 23.3 Å². The fourth-order valence-corrected chi connectivity index (χ4v) is 4.09. The van der Waals surface area contributed by atoms with E-state index in [-0.39, 0.29) is 54.7 Å². The molecule has 0 spiro atoms. The number of anilines is 1. The maximum atomic E-state index is 13.0. The van der Waals surface area contributed by atoms with Crippen molar-refractivity contribution in [3.05, 3.63) is 29.3 Å². The predicted molar refractivity (Wildman–Crippen MR) is 124 cm³/mol. The molecule has 1 aromatic rings. The van der Waals surface area contributed by atoms with Gasteiger partial charge in [0.2, 0.25) is 11.8 Å². The summed E-state index contributed by atoms with van der Waals surface area (Å²) in [5.74, 6) is -1.39. The zero-order chi connectivity index (χ0) is 24.1. The Morgan fingerprint density at radius 1 is 1.21 bits per heavy atom. The highest BCUT2D eigenvalue weighted by atomic mass is 16.5. The molecule has 9 nitrogen and oxygen atoms in total. The van der Waals surface area contributed by atoms with E-state index >= 15 is 0 Å². The molecule has 1 atom stereocenters. The van der Waals surface area contributed by atoms with Gasteiger partial charge in [-0.15, -0.1) is 0 Å². The third-order valence-electron chi connectivity index (χ3n) is 5.99. The summed E-state index contributed by atoms with van der Waals surface area (Å²) in [6, 6.07) is 5.74. The highest BCUT2D eigenvalue weighted by Crippen LogP contribution is 2.26. The molecule has 1 aromatic carbocycles. The molecule has 2 aliphatic heterocycles. The molecule has 0 bridgehead atoms. The number of esters is 1. The van der Waals surface area contributed by atoms with Gasteiger partial charge in [0.05, 0.1) is 24.8 Å². The maximum absolute atomic E-state index is 13.0. The number of benzene rings is 1. The third-order valence-corrected chi connectivity index (χ3v) is 5.99. The number of likely N-dealkylation sites (tertiary alicyclic amines) is 1. The molecule has 9 heteroatoms. The first-order valence-electron chi connectivity index (χ1n) is 11.4. The number of hydrazone groups is 1. The molecule has 3 rings (SSSR count). The minimum atomic E-state index is -0.384. The van der Waals surface area contributed by atoms with Crippen LogP contribution in [0.25, 0.3) is 0 Å². The van der Waals surface area contributed by atoms with Gasteiger partial charge in [-0.2, -0.15) is 5.10 Å². The number of piperidine rings is 1. The van der Waals surface area contributed by atoms with Crippen LogP contribution in [0, 0.1) is 19.8 Å². The van der Waals surface area contributed by atoms with Gasteiger partial charge in [-0.3, -0.25) is 19.2 Å². The summed E-state index contributed by atoms with van der Waals surface area (Å²) in [6.45, 7) is 6.62. The van der Waals surface area contributed by atoms with Crippen molar-refractivity contribution in [2.45, 2.75) is 46.5 Å². The molecule has 0 aliphatic carbocycles. The van der Waals surface area contributed by atoms with Gasteiger partial charge in [-0.05, 0) is 50.8 Å². The summed E-state index contributed by atoms with van der Waals surface area (Å²) < 4.78 is 5.09. The van der Waals surface area contributed by atoms with Crippen LogP contribution in [0.4, 0.5) is 5.69 Å². The van der Waals surface area contributed by atoms with Crippen LogP contribution >= 0.6 is 0 Å². The number of hydrogen-bond donors (Lipinski definition) is 0. The van der Waals surface area contributed by atoms with Crippen LogP contribution in [0.2, 0.25) is 0 Å². The second-order valence-electron chi connectivity index (χ2n) is 8.63. The van der Waals surface area contributed by atoms with E-state index in [2.05, 4.69) is 5.10 Å². The smallest absolute Gasteiger partial charge is 0.310 e. The van der Waals surface area contributed by atoms with Crippen LogP contribution < -0.4 is 5.01 Å². The van der Waals surface area contributed by atoms with Crippen molar-refractivity contribution in [3.8, 4) is 0 Å². The average Bonchev–Trinajstić information content (AvgIpc) is 2.80. The Bertz CT molecular complexity index is 974. The van der Waals surface area contributed by atoms with Crippen molar-refractivity contribution < 1.29 is 23.9 Å². The Labute approximate surface area is 194 Å². The maximum Gasteiger partial charge on any atom is 0.310 e. The van der Waals surface area contributed by atoms with Gasteiger partial charge in [0, 0.05) is 33.0 Å². The van der Waals surface area contributed by atoms with Crippen molar-refractivity contribution in [1.82, 2.24) is 9.80 Å². The van der Waals surface area contributed by atoms with E-state index in [1.54, 1.807) is 18.9 Å². The Morgan fingerprint density at radius 2 is 1.97 bits per heavy atom. The summed E-state index contributed by atoms with van der Waals surface area (Å²) >= 11 is 0. The van der Waals surface area contributed by atoms with Crippen molar-refractivity contribution in [3.63, 3.8) is 0 Å². The Balaban J connectivity index is 1.67. The number of aryl methyl sites for hydroxylation is 2. The van der Waals surface area contributed by atoms with E-state index in [1.807, 2.05) is 32.0 Å². The quantitative estimate of drug-likeness (QED) is 0.610. The summed E-state index contributed by atoms with van der Waals surface area (Å²) in [6.07, 6.45) is 1.81. The van der Waals surface area contributed by atoms with Crippen LogP contribution in [-0.4, -0.2) is 72.5 Å². The summed E-state index contributed by atoms with van der Waals surface area (Å²) in [5.41, 5.74) is 2.77. The number of carbonyl (C=O) groups is 4. The molecule has 1 unspecified atom stereocenters. The lowest BCUT2D eigenvalue weighted by atomic mass is 9.98. The monoisotopic (exact) mass is 456 g/mol. The molecular formula is C24H32N4O5. The van der Waals surface area contributed by atoms with Crippen LogP contribution in [-0.2, 0) is 23.9 Å². The topological polar surface area (TPSA) is 99.6 Å². The predicted octanol–water partition coefficient (Wildman–Crippen LogP) is 2.05. The van der Waals surface area contributed by atoms with Crippen molar-refractivity contribution in [2.75, 3.05) is 38.3 Å². The SMILES string of the molecule is CCOC(=O)C1CCCN(C(=O)CN(C)C(=O)C2=NN(c3cc(C)ccc3C)C(=O)CC2)C1. The number of amides is 3. The fraction of sp³-hybridized carbons (Fsp3) is 0.542. The normalized spacial score (nSPS) is 18.6. The average molecular weight is 457 g/mol. The first kappa shape index (κ1) is 24.4. The van der Waals surface area contributed by atoms with Crippen molar-refractivity contribution in [2.24, 2.45) is 11.0 Å². The largest absolute Gasteiger partial charge is 0.466 e. The second kappa shape index (κ2) is 10.6. The van der Waals surface area contributed by atoms with Gasteiger partial charge in [-0.25, -0.2) is 5.01 Å². The molecule has 33 heavy (non-hydrogen) atoms. The number of rotatable bonds is 6. The lowest BCUT2D eigenvalue weighted by molar-refractivity contribution is -0.151. The van der Waals surface area contributed by atoms with Gasteiger partial charge < -0.3 is 14.5 Å². The molecule has 0 N–H and O–H groups in total. The van der Waals surface area contributed by atoms with E-state index in [4.69, 9.17) is 4.74 Å². The summed E-state index contributed by atoms with van der Waals surface area (Å²) in [7, 11) is 1.55. The molecule has 3 amide bonds. The number of hydrogen-bond acceptors (Lipinski definition) is 6. The first-order valence-corrected chi connectivity index (χ1v) is 11.4. The molecule has 178 valence electrons. The minimum Gasteiger partial charge on any atom is -0.466 e. The van der Waals surface area contributed by atoms with Crippen LogP contribution in [0.5, 0.6) is 0 Å². The summed E-state index contributed by atoms with van der Waals surface area (Å²) in [4.78, 5) is 53.3. The van der Waals surface area contributed by atoms with Crippen LogP contribution in [0.3, 0.4) is 0 Å². The van der Waals surface area contributed by atoms with Gasteiger partial charge in [0.1, 0.15) is 5.71 Å². The van der Waals surface area contributed by atoms with E-state index in [0.717, 1.165) is 11.1 Å². The zero-order valence-electron chi connectivity index (χ0n) is 19.8.